The molecule has 34 heavy (non-hydrogen) atoms. The van der Waals surface area contributed by atoms with Crippen LogP contribution in [0.1, 0.15) is 74.1 Å². The van der Waals surface area contributed by atoms with Crippen molar-refractivity contribution in [3.63, 3.8) is 0 Å². The lowest BCUT2D eigenvalue weighted by atomic mass is 9.78. The zero-order valence-corrected chi connectivity index (χ0v) is 20.1. The maximum atomic E-state index is 14.8. The van der Waals surface area contributed by atoms with Gasteiger partial charge in [0.25, 0.3) is 0 Å². The van der Waals surface area contributed by atoms with Gasteiger partial charge in [-0.2, -0.15) is 0 Å². The molecule has 1 fully saturated rings. The monoisotopic (exact) mass is 462 g/mol. The van der Waals surface area contributed by atoms with Gasteiger partial charge < -0.3 is 0 Å². The molecule has 0 bridgehead atoms. The molecule has 1 aliphatic rings. The molecular formula is C31H33F3. The molecule has 3 aromatic rings. The Morgan fingerprint density at radius 3 is 2.15 bits per heavy atom. The van der Waals surface area contributed by atoms with Gasteiger partial charge in [-0.1, -0.05) is 81.0 Å². The zero-order chi connectivity index (χ0) is 24.1. The summed E-state index contributed by atoms with van der Waals surface area (Å²) < 4.78 is 44.2. The molecule has 4 rings (SSSR count). The van der Waals surface area contributed by atoms with E-state index in [1.165, 1.54) is 5.56 Å². The first-order valence-electron chi connectivity index (χ1n) is 12.5. The van der Waals surface area contributed by atoms with Crippen molar-refractivity contribution >= 4 is 6.08 Å². The average molecular weight is 463 g/mol. The first kappa shape index (κ1) is 24.3. The first-order chi connectivity index (χ1) is 16.5. The van der Waals surface area contributed by atoms with Crippen LogP contribution in [0.4, 0.5) is 13.2 Å². The quantitative estimate of drug-likeness (QED) is 0.328. The van der Waals surface area contributed by atoms with Crippen molar-refractivity contribution in [3.05, 3.63) is 100 Å². The molecule has 3 heteroatoms. The fourth-order valence-corrected chi connectivity index (χ4v) is 5.04. The molecule has 3 aromatic carbocycles. The molecule has 0 saturated heterocycles. The summed E-state index contributed by atoms with van der Waals surface area (Å²) in [5, 5.41) is 0. The maximum Gasteiger partial charge on any atom is 0.167 e. The van der Waals surface area contributed by atoms with Crippen LogP contribution < -0.4 is 0 Å². The van der Waals surface area contributed by atoms with Gasteiger partial charge >= 0.3 is 0 Å². The van der Waals surface area contributed by atoms with Crippen LogP contribution in [0.25, 0.3) is 17.2 Å². The number of allylic oxidation sites excluding steroid dienone is 1. The summed E-state index contributed by atoms with van der Waals surface area (Å²) >= 11 is 0. The Bertz CT molecular complexity index is 1140. The Labute approximate surface area is 201 Å². The summed E-state index contributed by atoms with van der Waals surface area (Å²) in [7, 11) is 0. The van der Waals surface area contributed by atoms with Gasteiger partial charge in [0.2, 0.25) is 0 Å². The van der Waals surface area contributed by atoms with E-state index in [1.807, 2.05) is 49.4 Å². The summed E-state index contributed by atoms with van der Waals surface area (Å²) in [6.45, 7) is 4.14. The Balaban J connectivity index is 1.41. The second kappa shape index (κ2) is 11.1. The number of hydrogen-bond donors (Lipinski definition) is 0. The highest BCUT2D eigenvalue weighted by atomic mass is 19.2. The Morgan fingerprint density at radius 2 is 1.50 bits per heavy atom. The van der Waals surface area contributed by atoms with Crippen molar-refractivity contribution in [2.45, 2.75) is 64.7 Å². The van der Waals surface area contributed by atoms with E-state index in [9.17, 15) is 13.2 Å². The highest BCUT2D eigenvalue weighted by molar-refractivity contribution is 5.67. The number of aryl methyl sites for hydroxylation is 2. The molecule has 0 radical (unpaired) electrons. The van der Waals surface area contributed by atoms with E-state index in [-0.39, 0.29) is 22.9 Å². The lowest BCUT2D eigenvalue weighted by Crippen LogP contribution is -2.13. The second-order valence-electron chi connectivity index (χ2n) is 9.46. The Kier molecular flexibility index (Phi) is 7.92. The van der Waals surface area contributed by atoms with Crippen molar-refractivity contribution in [2.75, 3.05) is 0 Å². The summed E-state index contributed by atoms with van der Waals surface area (Å²) in [5.41, 5.74) is 4.27. The minimum atomic E-state index is -0.807. The van der Waals surface area contributed by atoms with Crippen LogP contribution >= 0.6 is 0 Å². The minimum Gasteiger partial charge on any atom is -0.207 e. The van der Waals surface area contributed by atoms with Crippen molar-refractivity contribution in [1.82, 2.24) is 0 Å². The van der Waals surface area contributed by atoms with E-state index in [0.717, 1.165) is 56.1 Å². The van der Waals surface area contributed by atoms with Crippen molar-refractivity contribution < 1.29 is 13.2 Å². The number of rotatable bonds is 7. The number of benzene rings is 3. The van der Waals surface area contributed by atoms with Gasteiger partial charge in [-0.25, -0.2) is 13.2 Å². The standard InChI is InChI=1S/C31H33F3/c1-3-5-22-6-14-25(15-7-22)28-19-17-26(30(33)31(28)34)16-10-23-8-12-24(13-9-23)27-18-11-21(4-2)20-29(27)32/h6-7,10-11,14-20,23-24H,3-5,8-9,12-13H2,1-2H3. The number of halogens is 3. The van der Waals surface area contributed by atoms with Gasteiger partial charge in [-0.3, -0.25) is 0 Å². The highest BCUT2D eigenvalue weighted by Gasteiger charge is 2.23. The molecule has 0 unspecified atom stereocenters. The topological polar surface area (TPSA) is 0 Å². The average Bonchev–Trinajstić information content (AvgIpc) is 2.86. The van der Waals surface area contributed by atoms with Crippen LogP contribution in [0.3, 0.4) is 0 Å². The largest absolute Gasteiger partial charge is 0.207 e. The highest BCUT2D eigenvalue weighted by Crippen LogP contribution is 2.38. The van der Waals surface area contributed by atoms with E-state index in [2.05, 4.69) is 6.92 Å². The fraction of sp³-hybridized carbons (Fsp3) is 0.355. The Morgan fingerprint density at radius 1 is 0.794 bits per heavy atom. The lowest BCUT2D eigenvalue weighted by Gasteiger charge is -2.27. The maximum absolute atomic E-state index is 14.8. The van der Waals surface area contributed by atoms with E-state index in [1.54, 1.807) is 24.3 Å². The van der Waals surface area contributed by atoms with Crippen LogP contribution in [0.15, 0.2) is 60.7 Å². The summed E-state index contributed by atoms with van der Waals surface area (Å²) in [5.74, 6) is -1.19. The smallest absolute Gasteiger partial charge is 0.167 e. The van der Waals surface area contributed by atoms with Crippen molar-refractivity contribution in [1.29, 1.82) is 0 Å². The summed E-state index contributed by atoms with van der Waals surface area (Å²) in [6, 6.07) is 16.6. The fourth-order valence-electron chi connectivity index (χ4n) is 5.04. The summed E-state index contributed by atoms with van der Waals surface area (Å²) in [4.78, 5) is 0. The molecule has 0 spiro atoms. The number of hydrogen-bond acceptors (Lipinski definition) is 0. The molecule has 178 valence electrons. The molecule has 0 atom stereocenters. The third kappa shape index (κ3) is 5.46. The van der Waals surface area contributed by atoms with Crippen LogP contribution in [0.2, 0.25) is 0 Å². The Hall–Kier alpha value is -2.81. The lowest BCUT2D eigenvalue weighted by molar-refractivity contribution is 0.369. The molecule has 0 aromatic heterocycles. The molecule has 1 aliphatic carbocycles. The molecular weight excluding hydrogens is 429 g/mol. The van der Waals surface area contributed by atoms with Gasteiger partial charge in [0.15, 0.2) is 11.6 Å². The summed E-state index contributed by atoms with van der Waals surface area (Å²) in [6.07, 6.45) is 10.2. The van der Waals surface area contributed by atoms with Gasteiger partial charge in [-0.15, -0.1) is 0 Å². The van der Waals surface area contributed by atoms with Gasteiger partial charge in [0, 0.05) is 11.1 Å². The van der Waals surface area contributed by atoms with E-state index in [4.69, 9.17) is 0 Å². The third-order valence-electron chi connectivity index (χ3n) is 7.15. The minimum absolute atomic E-state index is 0.101. The molecule has 0 nitrogen and oxygen atoms in total. The van der Waals surface area contributed by atoms with Crippen LogP contribution in [-0.4, -0.2) is 0 Å². The third-order valence-corrected chi connectivity index (χ3v) is 7.15. The van der Waals surface area contributed by atoms with Gasteiger partial charge in [0.05, 0.1) is 0 Å². The SMILES string of the molecule is CCCc1ccc(-c2ccc(C=CC3CCC(c4ccc(CC)cc4F)CC3)c(F)c2F)cc1. The van der Waals surface area contributed by atoms with Crippen molar-refractivity contribution in [3.8, 4) is 11.1 Å². The first-order valence-corrected chi connectivity index (χ1v) is 12.5. The molecule has 0 N–H and O–H groups in total. The van der Waals surface area contributed by atoms with E-state index < -0.39 is 11.6 Å². The van der Waals surface area contributed by atoms with Crippen molar-refractivity contribution in [2.24, 2.45) is 5.92 Å². The molecule has 0 amide bonds. The molecule has 0 aliphatic heterocycles. The second-order valence-corrected chi connectivity index (χ2v) is 9.46. The molecule has 1 saturated carbocycles. The predicted molar refractivity (Wildman–Crippen MR) is 135 cm³/mol. The van der Waals surface area contributed by atoms with Crippen LogP contribution in [-0.2, 0) is 12.8 Å². The van der Waals surface area contributed by atoms with E-state index in [0.29, 0.717) is 11.5 Å². The van der Waals surface area contributed by atoms with E-state index >= 15 is 0 Å². The normalized spacial score (nSPS) is 18.5. The zero-order valence-electron chi connectivity index (χ0n) is 20.1. The van der Waals surface area contributed by atoms with Gasteiger partial charge in [-0.05, 0) is 78.7 Å². The van der Waals surface area contributed by atoms with Crippen LogP contribution in [0.5, 0.6) is 0 Å². The predicted octanol–water partition coefficient (Wildman–Crippen LogP) is 9.27. The van der Waals surface area contributed by atoms with Crippen LogP contribution in [0, 0.1) is 23.4 Å². The molecule has 0 heterocycles. The van der Waals surface area contributed by atoms with Gasteiger partial charge in [0.1, 0.15) is 5.82 Å².